The maximum atomic E-state index is 11.6. The van der Waals surface area contributed by atoms with E-state index < -0.39 is 0 Å². The third-order valence-electron chi connectivity index (χ3n) is 4.31. The summed E-state index contributed by atoms with van der Waals surface area (Å²) in [4.78, 5) is 23.2. The Balaban J connectivity index is 3.76. The van der Waals surface area contributed by atoms with Crippen molar-refractivity contribution in [1.29, 1.82) is 0 Å². The van der Waals surface area contributed by atoms with E-state index in [0.29, 0.717) is 19.6 Å². The highest BCUT2D eigenvalue weighted by Crippen LogP contribution is 2.26. The van der Waals surface area contributed by atoms with Crippen LogP contribution in [0.2, 0.25) is 0 Å². The molecule has 22 heavy (non-hydrogen) atoms. The molecule has 0 saturated heterocycles. The average Bonchev–Trinajstić information content (AvgIpc) is 2.47. The molecule has 130 valence electrons. The minimum absolute atomic E-state index is 0.0968. The van der Waals surface area contributed by atoms with Crippen molar-refractivity contribution in [3.05, 3.63) is 0 Å². The van der Waals surface area contributed by atoms with Crippen molar-refractivity contribution >= 4 is 23.5 Å². The largest absolute Gasteiger partial charge is 0.378 e. The van der Waals surface area contributed by atoms with Crippen LogP contribution in [-0.2, 0) is 14.3 Å². The first kappa shape index (κ1) is 21.4. The molecule has 0 radical (unpaired) electrons. The molecular formula is C17H33NO3S. The van der Waals surface area contributed by atoms with Gasteiger partial charge in [0.2, 0.25) is 5.91 Å². The molecule has 0 saturated carbocycles. The SMILES string of the molecule is CCC(C)(CCOC(C)CCNC(=O)CCCSC)C(C)=O. The number of thioether (sulfide) groups is 1. The number of nitrogens with one attached hydrogen (secondary N) is 1. The molecule has 0 fully saturated rings. The molecule has 0 aliphatic heterocycles. The molecule has 2 unspecified atom stereocenters. The van der Waals surface area contributed by atoms with E-state index in [1.807, 2.05) is 27.0 Å². The lowest BCUT2D eigenvalue weighted by Crippen LogP contribution is -2.29. The van der Waals surface area contributed by atoms with Gasteiger partial charge in [0, 0.05) is 25.0 Å². The van der Waals surface area contributed by atoms with Crippen LogP contribution < -0.4 is 5.32 Å². The summed E-state index contributed by atoms with van der Waals surface area (Å²) < 4.78 is 5.76. The molecule has 0 heterocycles. The summed E-state index contributed by atoms with van der Waals surface area (Å²) in [6.07, 6.45) is 6.07. The fraction of sp³-hybridized carbons (Fsp3) is 0.882. The van der Waals surface area contributed by atoms with Gasteiger partial charge in [-0.05, 0) is 51.5 Å². The van der Waals surface area contributed by atoms with Crippen LogP contribution in [0.4, 0.5) is 0 Å². The smallest absolute Gasteiger partial charge is 0.220 e. The van der Waals surface area contributed by atoms with Gasteiger partial charge in [0.25, 0.3) is 0 Å². The number of amides is 1. The summed E-state index contributed by atoms with van der Waals surface area (Å²) in [7, 11) is 0. The van der Waals surface area contributed by atoms with E-state index in [0.717, 1.165) is 31.4 Å². The van der Waals surface area contributed by atoms with Crippen molar-refractivity contribution in [2.45, 2.75) is 65.9 Å². The standard InChI is InChI=1S/C17H33NO3S/c1-6-17(4,15(3)19)10-12-21-14(2)9-11-18-16(20)8-7-13-22-5/h14H,6-13H2,1-5H3,(H,18,20). The Morgan fingerprint density at radius 2 is 2.05 bits per heavy atom. The predicted octanol–water partition coefficient (Wildman–Crippen LogP) is 3.44. The second kappa shape index (κ2) is 11.9. The number of ether oxygens (including phenoxy) is 1. The van der Waals surface area contributed by atoms with Gasteiger partial charge in [0.05, 0.1) is 6.10 Å². The third-order valence-corrected chi connectivity index (χ3v) is 5.01. The number of carbonyl (C=O) groups excluding carboxylic acids is 2. The van der Waals surface area contributed by atoms with Crippen LogP contribution in [-0.4, -0.2) is 43.0 Å². The third kappa shape index (κ3) is 9.46. The number of rotatable bonds is 13. The molecule has 4 nitrogen and oxygen atoms in total. The van der Waals surface area contributed by atoms with E-state index in [9.17, 15) is 9.59 Å². The summed E-state index contributed by atoms with van der Waals surface area (Å²) in [5, 5.41) is 2.93. The zero-order valence-electron chi connectivity index (χ0n) is 14.9. The van der Waals surface area contributed by atoms with Crippen molar-refractivity contribution in [3.8, 4) is 0 Å². The van der Waals surface area contributed by atoms with Crippen molar-refractivity contribution in [2.24, 2.45) is 5.41 Å². The molecule has 0 aromatic heterocycles. The quantitative estimate of drug-likeness (QED) is 0.525. The first-order valence-corrected chi connectivity index (χ1v) is 9.63. The Hall–Kier alpha value is -0.550. The Kier molecular flexibility index (Phi) is 11.6. The van der Waals surface area contributed by atoms with E-state index in [1.54, 1.807) is 18.7 Å². The average molecular weight is 332 g/mol. The van der Waals surface area contributed by atoms with Gasteiger partial charge in [-0.2, -0.15) is 11.8 Å². The summed E-state index contributed by atoms with van der Waals surface area (Å²) in [6, 6.07) is 0. The highest BCUT2D eigenvalue weighted by Gasteiger charge is 2.27. The topological polar surface area (TPSA) is 55.4 Å². The lowest BCUT2D eigenvalue weighted by atomic mass is 9.81. The lowest BCUT2D eigenvalue weighted by Gasteiger charge is -2.25. The summed E-state index contributed by atoms with van der Waals surface area (Å²) in [5.74, 6) is 1.37. The lowest BCUT2D eigenvalue weighted by molar-refractivity contribution is -0.127. The van der Waals surface area contributed by atoms with Gasteiger partial charge in [0.1, 0.15) is 5.78 Å². The second-order valence-corrected chi connectivity index (χ2v) is 7.12. The number of carbonyl (C=O) groups is 2. The van der Waals surface area contributed by atoms with E-state index in [4.69, 9.17) is 4.74 Å². The van der Waals surface area contributed by atoms with Crippen LogP contribution in [0, 0.1) is 5.41 Å². The van der Waals surface area contributed by atoms with E-state index in [2.05, 4.69) is 5.32 Å². The predicted molar refractivity (Wildman–Crippen MR) is 94.4 cm³/mol. The first-order valence-electron chi connectivity index (χ1n) is 8.24. The molecule has 5 heteroatoms. The molecule has 0 spiro atoms. The van der Waals surface area contributed by atoms with Crippen molar-refractivity contribution in [3.63, 3.8) is 0 Å². The Morgan fingerprint density at radius 1 is 1.36 bits per heavy atom. The second-order valence-electron chi connectivity index (χ2n) is 6.14. The van der Waals surface area contributed by atoms with Crippen LogP contribution in [0.1, 0.15) is 59.8 Å². The Bertz CT molecular complexity index is 336. The molecule has 0 aliphatic rings. The molecular weight excluding hydrogens is 298 g/mol. The van der Waals surface area contributed by atoms with Gasteiger partial charge >= 0.3 is 0 Å². The Morgan fingerprint density at radius 3 is 2.59 bits per heavy atom. The molecule has 1 N–H and O–H groups in total. The van der Waals surface area contributed by atoms with Gasteiger partial charge in [-0.15, -0.1) is 0 Å². The summed E-state index contributed by atoms with van der Waals surface area (Å²) in [5.41, 5.74) is -0.273. The number of ketones is 1. The maximum absolute atomic E-state index is 11.6. The first-order chi connectivity index (χ1) is 10.4. The minimum Gasteiger partial charge on any atom is -0.378 e. The van der Waals surface area contributed by atoms with Gasteiger partial charge in [0.15, 0.2) is 0 Å². The van der Waals surface area contributed by atoms with Crippen LogP contribution in [0.3, 0.4) is 0 Å². The van der Waals surface area contributed by atoms with Gasteiger partial charge in [-0.3, -0.25) is 9.59 Å². The van der Waals surface area contributed by atoms with E-state index in [1.165, 1.54) is 0 Å². The molecule has 2 atom stereocenters. The molecule has 0 rings (SSSR count). The van der Waals surface area contributed by atoms with Crippen molar-refractivity contribution < 1.29 is 14.3 Å². The monoisotopic (exact) mass is 331 g/mol. The minimum atomic E-state index is -0.273. The number of hydrogen-bond acceptors (Lipinski definition) is 4. The molecule has 0 aromatic rings. The molecule has 1 amide bonds. The van der Waals surface area contributed by atoms with Crippen LogP contribution in [0.15, 0.2) is 0 Å². The van der Waals surface area contributed by atoms with Crippen LogP contribution in [0.25, 0.3) is 0 Å². The summed E-state index contributed by atoms with van der Waals surface area (Å²) in [6.45, 7) is 8.94. The van der Waals surface area contributed by atoms with Gasteiger partial charge in [-0.25, -0.2) is 0 Å². The highest BCUT2D eigenvalue weighted by atomic mass is 32.2. The fourth-order valence-electron chi connectivity index (χ4n) is 2.05. The molecule has 0 aliphatic carbocycles. The van der Waals surface area contributed by atoms with Gasteiger partial charge < -0.3 is 10.1 Å². The van der Waals surface area contributed by atoms with E-state index >= 15 is 0 Å². The maximum Gasteiger partial charge on any atom is 0.220 e. The van der Waals surface area contributed by atoms with Gasteiger partial charge in [-0.1, -0.05) is 13.8 Å². The zero-order chi connectivity index (χ0) is 17.0. The van der Waals surface area contributed by atoms with Crippen LogP contribution >= 0.6 is 11.8 Å². The normalized spacial score (nSPS) is 15.1. The van der Waals surface area contributed by atoms with Crippen molar-refractivity contribution in [2.75, 3.05) is 25.2 Å². The molecule has 0 aromatic carbocycles. The Labute approximate surface area is 140 Å². The fourth-order valence-corrected chi connectivity index (χ4v) is 2.48. The van der Waals surface area contributed by atoms with Crippen LogP contribution in [0.5, 0.6) is 0 Å². The number of Topliss-reactive ketones (excluding diaryl/α,β-unsaturated/α-hetero) is 1. The van der Waals surface area contributed by atoms with E-state index in [-0.39, 0.29) is 23.2 Å². The summed E-state index contributed by atoms with van der Waals surface area (Å²) >= 11 is 1.76. The molecule has 0 bridgehead atoms. The van der Waals surface area contributed by atoms with Crippen molar-refractivity contribution in [1.82, 2.24) is 5.32 Å². The number of hydrogen-bond donors (Lipinski definition) is 1. The highest BCUT2D eigenvalue weighted by molar-refractivity contribution is 7.98. The zero-order valence-corrected chi connectivity index (χ0v) is 15.7.